The van der Waals surface area contributed by atoms with Crippen LogP contribution in [0.25, 0.3) is 0 Å². The van der Waals surface area contributed by atoms with Crippen molar-refractivity contribution < 1.29 is 0 Å². The quantitative estimate of drug-likeness (QED) is 0.284. The van der Waals surface area contributed by atoms with Crippen molar-refractivity contribution >= 4 is 29.9 Å². The highest BCUT2D eigenvalue weighted by Gasteiger charge is 2.31. The molecule has 0 spiro atoms. The summed E-state index contributed by atoms with van der Waals surface area (Å²) < 4.78 is 0. The zero-order valence-corrected chi connectivity index (χ0v) is 17.6. The molecule has 6 heteroatoms. The topological polar surface area (TPSA) is 42.9 Å². The fraction of sp³-hybridized carbons (Fsp3) is 0.632. The number of hydrogen-bond donors (Lipinski definition) is 2. The summed E-state index contributed by atoms with van der Waals surface area (Å²) in [6, 6.07) is 11.3. The van der Waals surface area contributed by atoms with E-state index in [2.05, 4.69) is 57.7 Å². The van der Waals surface area contributed by atoms with Gasteiger partial charge in [-0.25, -0.2) is 0 Å². The first-order valence-electron chi connectivity index (χ1n) is 9.37. The maximum atomic E-state index is 4.83. The van der Waals surface area contributed by atoms with E-state index in [1.54, 1.807) is 0 Å². The first kappa shape index (κ1) is 20.5. The van der Waals surface area contributed by atoms with Gasteiger partial charge in [0.1, 0.15) is 0 Å². The van der Waals surface area contributed by atoms with Crippen LogP contribution in [0.15, 0.2) is 35.3 Å². The van der Waals surface area contributed by atoms with Gasteiger partial charge in [-0.05, 0) is 25.3 Å². The van der Waals surface area contributed by atoms with E-state index >= 15 is 0 Å². The molecule has 1 unspecified atom stereocenters. The molecular formula is C19H32IN5. The zero-order chi connectivity index (χ0) is 16.6. The van der Waals surface area contributed by atoms with Crippen molar-refractivity contribution in [1.29, 1.82) is 0 Å². The Balaban J connectivity index is 0.00000225. The van der Waals surface area contributed by atoms with Gasteiger partial charge in [0.2, 0.25) is 0 Å². The van der Waals surface area contributed by atoms with Crippen LogP contribution in [-0.4, -0.2) is 74.2 Å². The highest BCUT2D eigenvalue weighted by atomic mass is 127. The molecule has 25 heavy (non-hydrogen) atoms. The number of aliphatic imine (C=N–C) groups is 1. The normalized spacial score (nSPS) is 25.3. The van der Waals surface area contributed by atoms with Gasteiger partial charge >= 0.3 is 0 Å². The molecule has 3 heterocycles. The van der Waals surface area contributed by atoms with E-state index in [1.807, 2.05) is 0 Å². The number of aryl methyl sites for hydroxylation is 1. The van der Waals surface area contributed by atoms with Crippen LogP contribution in [0.1, 0.15) is 18.9 Å². The maximum absolute atomic E-state index is 4.83. The number of rotatable bonds is 7. The first-order valence-corrected chi connectivity index (χ1v) is 9.37. The molecule has 4 rings (SSSR count). The van der Waals surface area contributed by atoms with Gasteiger partial charge in [0.15, 0.2) is 5.96 Å². The average Bonchev–Trinajstić information content (AvgIpc) is 2.65. The number of piperazine rings is 3. The minimum absolute atomic E-state index is 0. The summed E-state index contributed by atoms with van der Waals surface area (Å²) in [7, 11) is 0. The van der Waals surface area contributed by atoms with Gasteiger partial charge in [0.05, 0.1) is 6.54 Å². The van der Waals surface area contributed by atoms with E-state index in [9.17, 15) is 0 Å². The molecule has 3 fully saturated rings. The predicted octanol–water partition coefficient (Wildman–Crippen LogP) is 1.79. The van der Waals surface area contributed by atoms with Crippen LogP contribution in [0.3, 0.4) is 0 Å². The summed E-state index contributed by atoms with van der Waals surface area (Å²) in [5.41, 5.74) is 1.40. The van der Waals surface area contributed by atoms with E-state index in [1.165, 1.54) is 38.3 Å². The second-order valence-corrected chi connectivity index (χ2v) is 6.73. The summed E-state index contributed by atoms with van der Waals surface area (Å²) in [4.78, 5) is 10.00. The second-order valence-electron chi connectivity index (χ2n) is 6.73. The Hall–Kier alpha value is -0.860. The van der Waals surface area contributed by atoms with Gasteiger partial charge < -0.3 is 10.6 Å². The maximum Gasteiger partial charge on any atom is 0.191 e. The highest BCUT2D eigenvalue weighted by Crippen LogP contribution is 2.15. The average molecular weight is 457 g/mol. The van der Waals surface area contributed by atoms with E-state index in [0.29, 0.717) is 6.04 Å². The molecule has 0 aliphatic carbocycles. The third-order valence-corrected chi connectivity index (χ3v) is 4.97. The number of fused-ring (bicyclic) bond motifs is 3. The monoisotopic (exact) mass is 457 g/mol. The molecule has 3 aliphatic rings. The van der Waals surface area contributed by atoms with Crippen LogP contribution in [0, 0.1) is 0 Å². The molecule has 2 bridgehead atoms. The van der Waals surface area contributed by atoms with Crippen LogP contribution in [0.4, 0.5) is 0 Å². The van der Waals surface area contributed by atoms with Crippen molar-refractivity contribution in [2.45, 2.75) is 25.8 Å². The predicted molar refractivity (Wildman–Crippen MR) is 116 cm³/mol. The molecule has 140 valence electrons. The minimum atomic E-state index is 0. The van der Waals surface area contributed by atoms with Crippen LogP contribution < -0.4 is 10.6 Å². The molecule has 2 N–H and O–H groups in total. The lowest BCUT2D eigenvalue weighted by atomic mass is 10.1. The number of guanidine groups is 1. The molecule has 5 nitrogen and oxygen atoms in total. The molecule has 1 atom stereocenters. The molecule has 0 amide bonds. The largest absolute Gasteiger partial charge is 0.357 e. The summed E-state index contributed by atoms with van der Waals surface area (Å²) in [6.07, 6.45) is 2.23. The van der Waals surface area contributed by atoms with Gasteiger partial charge in [-0.15, -0.1) is 24.0 Å². The van der Waals surface area contributed by atoms with Crippen LogP contribution in [0.2, 0.25) is 0 Å². The number of halogens is 1. The Kier molecular flexibility index (Phi) is 8.98. The summed E-state index contributed by atoms with van der Waals surface area (Å²) in [5, 5.41) is 6.85. The minimum Gasteiger partial charge on any atom is -0.357 e. The summed E-state index contributed by atoms with van der Waals surface area (Å²) in [5.74, 6) is 0.961. The Morgan fingerprint density at radius 2 is 1.88 bits per heavy atom. The van der Waals surface area contributed by atoms with E-state index < -0.39 is 0 Å². The van der Waals surface area contributed by atoms with Crippen molar-refractivity contribution in [3.05, 3.63) is 35.9 Å². The number of nitrogens with one attached hydrogen (secondary N) is 2. The number of hydrogen-bond acceptors (Lipinski definition) is 3. The van der Waals surface area contributed by atoms with Crippen molar-refractivity contribution in [3.63, 3.8) is 0 Å². The summed E-state index contributed by atoms with van der Waals surface area (Å²) >= 11 is 0. The van der Waals surface area contributed by atoms with Crippen molar-refractivity contribution in [3.8, 4) is 0 Å². The lowest BCUT2D eigenvalue weighted by Crippen LogP contribution is -2.62. The number of nitrogens with zero attached hydrogens (tertiary/aromatic N) is 3. The Labute approximate surface area is 169 Å². The lowest BCUT2D eigenvalue weighted by molar-refractivity contribution is 0.0174. The molecule has 0 saturated carbocycles. The van der Waals surface area contributed by atoms with Crippen LogP contribution >= 0.6 is 24.0 Å². The molecule has 3 aliphatic heterocycles. The van der Waals surface area contributed by atoms with Crippen molar-refractivity contribution in [2.24, 2.45) is 4.99 Å². The van der Waals surface area contributed by atoms with Gasteiger partial charge in [-0.2, -0.15) is 0 Å². The second kappa shape index (κ2) is 11.0. The van der Waals surface area contributed by atoms with Gasteiger partial charge in [-0.3, -0.25) is 14.8 Å². The van der Waals surface area contributed by atoms with E-state index in [4.69, 9.17) is 4.99 Å². The lowest BCUT2D eigenvalue weighted by Gasteiger charge is -2.47. The molecule has 0 radical (unpaired) electrons. The smallest absolute Gasteiger partial charge is 0.191 e. The molecule has 0 aromatic heterocycles. The van der Waals surface area contributed by atoms with Gasteiger partial charge in [0, 0.05) is 51.9 Å². The SMILES string of the molecule is CCNC(=NCC1CN2CCN1CC2)NCCCc1ccccc1.I. The van der Waals surface area contributed by atoms with Crippen molar-refractivity contribution in [2.75, 3.05) is 52.4 Å². The Morgan fingerprint density at radius 3 is 2.52 bits per heavy atom. The van der Waals surface area contributed by atoms with Crippen LogP contribution in [0.5, 0.6) is 0 Å². The van der Waals surface area contributed by atoms with E-state index in [0.717, 1.165) is 38.4 Å². The van der Waals surface area contributed by atoms with Gasteiger partial charge in [0.25, 0.3) is 0 Å². The number of benzene rings is 1. The van der Waals surface area contributed by atoms with E-state index in [-0.39, 0.29) is 24.0 Å². The fourth-order valence-electron chi connectivity index (χ4n) is 3.58. The Bertz CT molecular complexity index is 514. The first-order chi connectivity index (χ1) is 11.8. The zero-order valence-electron chi connectivity index (χ0n) is 15.3. The third-order valence-electron chi connectivity index (χ3n) is 4.97. The standard InChI is InChI=1S/C19H31N5.HI/c1-2-20-19(21-10-6-9-17-7-4-3-5-8-17)22-15-18-16-23-11-13-24(18)14-12-23;/h3-5,7-8,18H,2,6,9-16H2,1H3,(H2,20,21,22);1H. The molecule has 3 saturated heterocycles. The van der Waals surface area contributed by atoms with Gasteiger partial charge in [-0.1, -0.05) is 30.3 Å². The molecule has 1 aromatic rings. The Morgan fingerprint density at radius 1 is 1.12 bits per heavy atom. The summed E-state index contributed by atoms with van der Waals surface area (Å²) in [6.45, 7) is 10.9. The van der Waals surface area contributed by atoms with Crippen molar-refractivity contribution in [1.82, 2.24) is 20.4 Å². The molecule has 1 aromatic carbocycles. The highest BCUT2D eigenvalue weighted by molar-refractivity contribution is 14.0. The van der Waals surface area contributed by atoms with Crippen LogP contribution in [-0.2, 0) is 6.42 Å². The molecular weight excluding hydrogens is 425 g/mol. The fourth-order valence-corrected chi connectivity index (χ4v) is 3.58. The third kappa shape index (κ3) is 6.42.